The molecule has 0 spiro atoms. The summed E-state index contributed by atoms with van der Waals surface area (Å²) in [7, 11) is 0. The summed E-state index contributed by atoms with van der Waals surface area (Å²) in [6, 6.07) is 7.41. The molecule has 3 heterocycles. The number of nitrogens with one attached hydrogen (secondary N) is 2. The van der Waals surface area contributed by atoms with Gasteiger partial charge < -0.3 is 39.3 Å². The minimum Gasteiger partial charge on any atom is -0.494 e. The van der Waals surface area contributed by atoms with Crippen LogP contribution in [0.4, 0.5) is 5.82 Å². The van der Waals surface area contributed by atoms with E-state index in [0.717, 1.165) is 24.8 Å². The number of carbonyl (C=O) groups is 4. The van der Waals surface area contributed by atoms with Gasteiger partial charge in [-0.15, -0.1) is 0 Å². The van der Waals surface area contributed by atoms with Gasteiger partial charge in [-0.25, -0.2) is 14.8 Å². The number of benzene rings is 1. The van der Waals surface area contributed by atoms with E-state index in [1.54, 1.807) is 69.5 Å². The summed E-state index contributed by atoms with van der Waals surface area (Å²) in [4.78, 5) is 58.9. The van der Waals surface area contributed by atoms with E-state index in [-0.39, 0.29) is 63.2 Å². The van der Waals surface area contributed by atoms with Crippen molar-refractivity contribution >= 4 is 29.6 Å². The van der Waals surface area contributed by atoms with Crippen molar-refractivity contribution in [2.45, 2.75) is 91.5 Å². The van der Waals surface area contributed by atoms with Gasteiger partial charge in [0.15, 0.2) is 12.1 Å². The summed E-state index contributed by atoms with van der Waals surface area (Å²) >= 11 is 0. The second kappa shape index (κ2) is 17.2. The van der Waals surface area contributed by atoms with Gasteiger partial charge in [-0.3, -0.25) is 14.4 Å². The van der Waals surface area contributed by atoms with Gasteiger partial charge >= 0.3 is 11.9 Å². The smallest absolute Gasteiger partial charge is 0.328 e. The number of fused-ring (bicyclic) bond motifs is 1. The Kier molecular flexibility index (Phi) is 13.1. The van der Waals surface area contributed by atoms with Crippen LogP contribution in [0.15, 0.2) is 36.7 Å². The molecule has 3 atom stereocenters. The van der Waals surface area contributed by atoms with Crippen LogP contribution < -0.4 is 10.6 Å². The molecule has 14 heteroatoms. The molecule has 2 amide bonds. The van der Waals surface area contributed by atoms with E-state index in [0.29, 0.717) is 29.4 Å². The summed E-state index contributed by atoms with van der Waals surface area (Å²) in [5.41, 5.74) is 0.880. The van der Waals surface area contributed by atoms with Crippen LogP contribution in [-0.4, -0.2) is 82.2 Å². The molecule has 1 fully saturated rings. The molecule has 2 unspecified atom stereocenters. The van der Waals surface area contributed by atoms with Crippen LogP contribution in [0.1, 0.15) is 88.6 Å². The van der Waals surface area contributed by atoms with Crippen molar-refractivity contribution in [3.8, 4) is 17.3 Å². The van der Waals surface area contributed by atoms with E-state index < -0.39 is 29.3 Å². The van der Waals surface area contributed by atoms with Gasteiger partial charge in [0, 0.05) is 36.5 Å². The van der Waals surface area contributed by atoms with Gasteiger partial charge in [-0.05, 0) is 63.3 Å². The van der Waals surface area contributed by atoms with E-state index >= 15 is 0 Å². The fraction of sp³-hybridized carbons (Fsp3) is 0.543. The fourth-order valence-electron chi connectivity index (χ4n) is 5.20. The first-order chi connectivity index (χ1) is 23.4. The number of anilines is 1. The number of aromatic nitrogens is 3. The number of amides is 2. The molecule has 0 aromatic heterocycles. The summed E-state index contributed by atoms with van der Waals surface area (Å²) in [5, 5.41) is 16.7. The van der Waals surface area contributed by atoms with Crippen LogP contribution in [-0.2, 0) is 39.9 Å². The van der Waals surface area contributed by atoms with Crippen molar-refractivity contribution < 1.29 is 43.2 Å². The van der Waals surface area contributed by atoms with E-state index in [9.17, 15) is 24.3 Å². The quantitative estimate of drug-likeness (QED) is 0.194. The zero-order chi connectivity index (χ0) is 35.6. The highest BCUT2D eigenvalue weighted by Gasteiger charge is 2.27. The Labute approximate surface area is 286 Å². The summed E-state index contributed by atoms with van der Waals surface area (Å²) in [6.07, 6.45) is 3.88. The minimum atomic E-state index is -1.03. The van der Waals surface area contributed by atoms with Crippen LogP contribution in [0.25, 0.3) is 11.4 Å². The molecule has 3 aliphatic rings. The van der Waals surface area contributed by atoms with Crippen molar-refractivity contribution in [1.82, 2.24) is 19.9 Å². The lowest BCUT2D eigenvalue weighted by atomic mass is 9.96. The lowest BCUT2D eigenvalue weighted by molar-refractivity contribution is -0.165. The number of ether oxygens (including phenoxy) is 4. The average molecular weight is 682 g/mol. The number of nitrogens with zero attached hydrogens (tertiary/aromatic N) is 3. The monoisotopic (exact) mass is 681 g/mol. The molecule has 4 rings (SSSR count). The largest absolute Gasteiger partial charge is 0.494 e. The SMILES string of the molecule is CCOC(=O)CC[C@H](NC(=O)c1ccc(C(COC2CCCCO2)Cn2cnc3nc(NC(=O)C(C)(C)C)cc-3c2O)cc1)C(=O)OCC. The standard InChI is InChI=1S/C35H47N5O9/c1-6-46-28(41)16-15-26(33(44)47-7-2)37-31(42)23-13-11-22(12-14-23)24(20-49-29-10-8-9-17-48-29)19-40-21-36-30-25(32(40)43)18-27(38-30)39-34(45)35(3,4)5/h11-14,18,21,24,26,29,43H,6-10,15-17,19-20H2,1-5H3,(H,37,42)(H,39,45)/t24?,26-,29?/m0/s1. The second-order valence-electron chi connectivity index (χ2n) is 12.9. The Morgan fingerprint density at radius 2 is 1.82 bits per heavy atom. The topological polar surface area (TPSA) is 180 Å². The third-order valence-electron chi connectivity index (χ3n) is 8.00. The Morgan fingerprint density at radius 3 is 2.47 bits per heavy atom. The first kappa shape index (κ1) is 37.3. The van der Waals surface area contributed by atoms with Crippen LogP contribution >= 0.6 is 0 Å². The van der Waals surface area contributed by atoms with Crippen LogP contribution in [0.5, 0.6) is 5.88 Å². The molecule has 1 saturated heterocycles. The van der Waals surface area contributed by atoms with Crippen molar-refractivity contribution in [3.05, 3.63) is 47.8 Å². The predicted molar refractivity (Wildman–Crippen MR) is 179 cm³/mol. The maximum atomic E-state index is 13.2. The van der Waals surface area contributed by atoms with Gasteiger partial charge in [0.05, 0.1) is 31.7 Å². The second-order valence-corrected chi connectivity index (χ2v) is 12.9. The van der Waals surface area contributed by atoms with Crippen LogP contribution in [0.3, 0.4) is 0 Å². The van der Waals surface area contributed by atoms with E-state index in [4.69, 9.17) is 18.9 Å². The molecule has 0 radical (unpaired) electrons. The van der Waals surface area contributed by atoms with Gasteiger partial charge in [0.1, 0.15) is 11.9 Å². The Bertz CT molecular complexity index is 1540. The maximum absolute atomic E-state index is 13.2. The highest BCUT2D eigenvalue weighted by Crippen LogP contribution is 2.34. The zero-order valence-electron chi connectivity index (χ0n) is 28.8. The molecule has 3 aliphatic heterocycles. The van der Waals surface area contributed by atoms with E-state index in [2.05, 4.69) is 20.6 Å². The van der Waals surface area contributed by atoms with E-state index in [1.165, 1.54) is 6.33 Å². The molecule has 0 aliphatic carbocycles. The van der Waals surface area contributed by atoms with Crippen molar-refractivity contribution in [2.75, 3.05) is 31.7 Å². The average Bonchev–Trinajstić information content (AvgIpc) is 3.49. The molecular formula is C35H47N5O9. The third kappa shape index (κ3) is 10.5. The number of hydrogen-bond acceptors (Lipinski definition) is 11. The lowest BCUT2D eigenvalue weighted by Crippen LogP contribution is -2.42. The van der Waals surface area contributed by atoms with Crippen LogP contribution in [0, 0.1) is 5.41 Å². The molecule has 49 heavy (non-hydrogen) atoms. The maximum Gasteiger partial charge on any atom is 0.328 e. The lowest BCUT2D eigenvalue weighted by Gasteiger charge is -2.26. The molecular weight excluding hydrogens is 634 g/mol. The first-order valence-corrected chi connectivity index (χ1v) is 16.7. The number of aromatic hydroxyl groups is 1. The molecule has 1 aromatic carbocycles. The number of esters is 2. The molecule has 0 bridgehead atoms. The predicted octanol–water partition coefficient (Wildman–Crippen LogP) is 4.40. The molecule has 266 valence electrons. The zero-order valence-corrected chi connectivity index (χ0v) is 28.8. The number of rotatable bonds is 15. The van der Waals surface area contributed by atoms with Crippen LogP contribution in [0.2, 0.25) is 0 Å². The normalized spacial score (nSPS) is 16.1. The number of hydrogen-bond donors (Lipinski definition) is 3. The number of carbonyl (C=O) groups excluding carboxylic acids is 4. The Balaban J connectivity index is 1.53. The molecule has 1 aromatic rings. The van der Waals surface area contributed by atoms with Gasteiger partial charge in [0.2, 0.25) is 11.8 Å². The van der Waals surface area contributed by atoms with Gasteiger partial charge in [-0.1, -0.05) is 32.9 Å². The Hall–Kier alpha value is -4.56. The highest BCUT2D eigenvalue weighted by molar-refractivity contribution is 5.97. The van der Waals surface area contributed by atoms with Crippen molar-refractivity contribution in [1.29, 1.82) is 0 Å². The Morgan fingerprint density at radius 1 is 1.08 bits per heavy atom. The molecule has 3 N–H and O–H groups in total. The fourth-order valence-corrected chi connectivity index (χ4v) is 5.20. The van der Waals surface area contributed by atoms with Gasteiger partial charge in [-0.2, -0.15) is 0 Å². The summed E-state index contributed by atoms with van der Waals surface area (Å²) in [5.74, 6) is -1.60. The minimum absolute atomic E-state index is 0.0343. The highest BCUT2D eigenvalue weighted by atomic mass is 16.7. The molecule has 14 nitrogen and oxygen atoms in total. The first-order valence-electron chi connectivity index (χ1n) is 16.7. The van der Waals surface area contributed by atoms with Crippen molar-refractivity contribution in [2.24, 2.45) is 5.41 Å². The summed E-state index contributed by atoms with van der Waals surface area (Å²) in [6.45, 7) is 10.2. The third-order valence-corrected chi connectivity index (χ3v) is 8.00. The van der Waals surface area contributed by atoms with Crippen molar-refractivity contribution in [3.63, 3.8) is 0 Å². The van der Waals surface area contributed by atoms with Gasteiger partial charge in [0.25, 0.3) is 5.91 Å². The summed E-state index contributed by atoms with van der Waals surface area (Å²) < 4.78 is 23.6. The van der Waals surface area contributed by atoms with E-state index in [1.807, 2.05) is 0 Å². The molecule has 0 saturated carbocycles.